The summed E-state index contributed by atoms with van der Waals surface area (Å²) in [5, 5.41) is 40.5. The molecular formula is C23H27ClO7. The molecule has 31 heavy (non-hydrogen) atoms. The molecule has 0 aromatic heterocycles. The molecular weight excluding hydrogens is 424 g/mol. The summed E-state index contributed by atoms with van der Waals surface area (Å²) >= 11 is 6.40. The fourth-order valence-electron chi connectivity index (χ4n) is 3.99. The Balaban J connectivity index is 1.49. The maximum atomic E-state index is 10.4. The number of halogens is 1. The maximum absolute atomic E-state index is 10.4. The average Bonchev–Trinajstić information content (AvgIpc) is 3.28. The van der Waals surface area contributed by atoms with Crippen LogP contribution < -0.4 is 4.74 Å². The molecule has 2 saturated heterocycles. The molecule has 0 amide bonds. The van der Waals surface area contributed by atoms with Gasteiger partial charge in [0.25, 0.3) is 0 Å². The lowest BCUT2D eigenvalue weighted by Crippen LogP contribution is -2.55. The van der Waals surface area contributed by atoms with Crippen LogP contribution in [0.15, 0.2) is 42.5 Å². The molecule has 7 nitrogen and oxygen atoms in total. The molecule has 4 N–H and O–H groups in total. The quantitative estimate of drug-likeness (QED) is 0.529. The molecule has 2 aromatic carbocycles. The van der Waals surface area contributed by atoms with Crippen molar-refractivity contribution < 1.29 is 34.6 Å². The van der Waals surface area contributed by atoms with Gasteiger partial charge in [-0.25, -0.2) is 0 Å². The second-order valence-electron chi connectivity index (χ2n) is 8.02. The zero-order chi connectivity index (χ0) is 22.0. The highest BCUT2D eigenvalue weighted by Crippen LogP contribution is 2.34. The van der Waals surface area contributed by atoms with E-state index in [0.29, 0.717) is 23.6 Å². The van der Waals surface area contributed by atoms with E-state index >= 15 is 0 Å². The topological polar surface area (TPSA) is 109 Å². The predicted octanol–water partition coefficient (Wildman–Crippen LogP) is 1.61. The fraction of sp³-hybridized carbons (Fsp3) is 0.478. The van der Waals surface area contributed by atoms with Gasteiger partial charge in [-0.3, -0.25) is 0 Å². The molecule has 0 bridgehead atoms. The van der Waals surface area contributed by atoms with Crippen molar-refractivity contribution in [3.8, 4) is 5.75 Å². The van der Waals surface area contributed by atoms with Crippen molar-refractivity contribution in [2.24, 2.45) is 0 Å². The number of ether oxygens (including phenoxy) is 3. The van der Waals surface area contributed by atoms with Crippen LogP contribution in [0.4, 0.5) is 0 Å². The Morgan fingerprint density at radius 2 is 1.77 bits per heavy atom. The molecule has 1 unspecified atom stereocenters. The van der Waals surface area contributed by atoms with E-state index in [1.807, 2.05) is 30.3 Å². The van der Waals surface area contributed by atoms with Gasteiger partial charge in [-0.15, -0.1) is 0 Å². The van der Waals surface area contributed by atoms with Gasteiger partial charge in [-0.1, -0.05) is 35.9 Å². The number of aliphatic hydroxyl groups excluding tert-OH is 4. The Bertz CT molecular complexity index is 867. The molecule has 2 aliphatic rings. The molecule has 168 valence electrons. The smallest absolute Gasteiger partial charge is 0.124 e. The molecule has 2 heterocycles. The van der Waals surface area contributed by atoms with E-state index in [9.17, 15) is 20.4 Å². The molecule has 0 radical (unpaired) electrons. The van der Waals surface area contributed by atoms with Gasteiger partial charge in [0.1, 0.15) is 42.4 Å². The van der Waals surface area contributed by atoms with Crippen LogP contribution in [-0.4, -0.2) is 70.8 Å². The summed E-state index contributed by atoms with van der Waals surface area (Å²) in [5.74, 6) is 0.792. The summed E-state index contributed by atoms with van der Waals surface area (Å²) in [6, 6.07) is 13.0. The first-order valence-corrected chi connectivity index (χ1v) is 10.8. The first-order chi connectivity index (χ1) is 15.0. The highest BCUT2D eigenvalue weighted by molar-refractivity contribution is 6.31. The second-order valence-corrected chi connectivity index (χ2v) is 8.43. The Kier molecular flexibility index (Phi) is 7.13. The van der Waals surface area contributed by atoms with Crippen LogP contribution in [0.1, 0.15) is 29.2 Å². The van der Waals surface area contributed by atoms with Crippen molar-refractivity contribution in [3.63, 3.8) is 0 Å². The summed E-state index contributed by atoms with van der Waals surface area (Å²) in [5.41, 5.74) is 2.47. The lowest BCUT2D eigenvalue weighted by atomic mass is 9.90. The van der Waals surface area contributed by atoms with Crippen LogP contribution in [0.2, 0.25) is 5.02 Å². The molecule has 6 atom stereocenters. The summed E-state index contributed by atoms with van der Waals surface area (Å²) in [7, 11) is 0. The van der Waals surface area contributed by atoms with E-state index in [0.717, 1.165) is 29.9 Å². The van der Waals surface area contributed by atoms with Crippen molar-refractivity contribution >= 4 is 11.6 Å². The molecule has 0 aliphatic carbocycles. The number of aliphatic hydroxyl groups is 4. The molecule has 2 fully saturated rings. The number of rotatable bonds is 6. The SMILES string of the molecule is OC[C@H]1OC(c2ccc(Cl)c(Cc3ccc(O[C@@H]4CCOC4)cc3)c2)[C@H](O)[C@@H](O)[C@@H]1O. The van der Waals surface area contributed by atoms with Gasteiger partial charge >= 0.3 is 0 Å². The van der Waals surface area contributed by atoms with E-state index in [1.54, 1.807) is 12.1 Å². The normalized spacial score (nSPS) is 31.0. The molecule has 2 aliphatic heterocycles. The minimum atomic E-state index is -1.42. The fourth-order valence-corrected chi connectivity index (χ4v) is 4.17. The third-order valence-corrected chi connectivity index (χ3v) is 6.17. The standard InChI is InChI=1S/C23H27ClO7/c24-18-6-3-14(23-22(28)21(27)20(26)19(11-25)31-23)10-15(18)9-13-1-4-16(5-2-13)30-17-7-8-29-12-17/h1-6,10,17,19-23,25-28H,7-9,11-12H2/t17-,19-,20-,21+,22-,23?/m1/s1. The van der Waals surface area contributed by atoms with Gasteiger partial charge < -0.3 is 34.6 Å². The summed E-state index contributed by atoms with van der Waals surface area (Å²) < 4.78 is 16.9. The Morgan fingerprint density at radius 3 is 2.45 bits per heavy atom. The highest BCUT2D eigenvalue weighted by Gasteiger charge is 2.44. The third-order valence-electron chi connectivity index (χ3n) is 5.80. The van der Waals surface area contributed by atoms with E-state index < -0.39 is 37.1 Å². The number of benzene rings is 2. The van der Waals surface area contributed by atoms with Gasteiger partial charge in [-0.2, -0.15) is 0 Å². The van der Waals surface area contributed by atoms with Gasteiger partial charge in [0.05, 0.1) is 19.8 Å². The molecule has 0 spiro atoms. The van der Waals surface area contributed by atoms with Gasteiger partial charge in [0.15, 0.2) is 0 Å². The van der Waals surface area contributed by atoms with Crippen LogP contribution in [0.5, 0.6) is 5.75 Å². The van der Waals surface area contributed by atoms with Gasteiger partial charge in [-0.05, 0) is 41.3 Å². The summed E-state index contributed by atoms with van der Waals surface area (Å²) in [4.78, 5) is 0. The first-order valence-electron chi connectivity index (χ1n) is 10.4. The van der Waals surface area contributed by atoms with E-state index in [-0.39, 0.29) is 6.10 Å². The minimum Gasteiger partial charge on any atom is -0.488 e. The molecule has 0 saturated carbocycles. The lowest BCUT2D eigenvalue weighted by molar-refractivity contribution is -0.231. The first kappa shape index (κ1) is 22.5. The average molecular weight is 451 g/mol. The van der Waals surface area contributed by atoms with E-state index in [4.69, 9.17) is 25.8 Å². The lowest BCUT2D eigenvalue weighted by Gasteiger charge is -2.40. The third kappa shape index (κ3) is 5.04. The largest absolute Gasteiger partial charge is 0.488 e. The van der Waals surface area contributed by atoms with Crippen LogP contribution in [0.3, 0.4) is 0 Å². The van der Waals surface area contributed by atoms with Crippen molar-refractivity contribution in [2.75, 3.05) is 19.8 Å². The van der Waals surface area contributed by atoms with Gasteiger partial charge in [0.2, 0.25) is 0 Å². The van der Waals surface area contributed by atoms with Crippen LogP contribution in [0.25, 0.3) is 0 Å². The summed E-state index contributed by atoms with van der Waals surface area (Å²) in [6.45, 7) is 0.872. The molecule has 2 aromatic rings. The van der Waals surface area contributed by atoms with E-state index in [1.165, 1.54) is 0 Å². The predicted molar refractivity (Wildman–Crippen MR) is 113 cm³/mol. The van der Waals surface area contributed by atoms with Gasteiger partial charge in [0, 0.05) is 11.4 Å². The molecule has 4 rings (SSSR count). The van der Waals surface area contributed by atoms with Crippen LogP contribution in [-0.2, 0) is 15.9 Å². The monoisotopic (exact) mass is 450 g/mol. The Morgan fingerprint density at radius 1 is 1.00 bits per heavy atom. The minimum absolute atomic E-state index is 0.0931. The van der Waals surface area contributed by atoms with Crippen LogP contribution in [0, 0.1) is 0 Å². The van der Waals surface area contributed by atoms with Crippen LogP contribution >= 0.6 is 11.6 Å². The van der Waals surface area contributed by atoms with Crippen molar-refractivity contribution in [1.82, 2.24) is 0 Å². The number of hydrogen-bond acceptors (Lipinski definition) is 7. The Labute approximate surface area is 185 Å². The Hall–Kier alpha value is -1.71. The second kappa shape index (κ2) is 9.83. The highest BCUT2D eigenvalue weighted by atomic mass is 35.5. The van der Waals surface area contributed by atoms with E-state index in [2.05, 4.69) is 0 Å². The van der Waals surface area contributed by atoms with Crippen molar-refractivity contribution in [3.05, 3.63) is 64.2 Å². The maximum Gasteiger partial charge on any atom is 0.124 e. The molecule has 8 heteroatoms. The van der Waals surface area contributed by atoms with Crippen molar-refractivity contribution in [2.45, 2.75) is 49.5 Å². The summed E-state index contributed by atoms with van der Waals surface area (Å²) in [6.07, 6.45) is -4.46. The number of hydrogen-bond donors (Lipinski definition) is 4. The zero-order valence-electron chi connectivity index (χ0n) is 16.9. The zero-order valence-corrected chi connectivity index (χ0v) is 17.7. The van der Waals surface area contributed by atoms with Crippen molar-refractivity contribution in [1.29, 1.82) is 0 Å².